The highest BCUT2D eigenvalue weighted by Crippen LogP contribution is 2.32. The van der Waals surface area contributed by atoms with E-state index in [0.717, 1.165) is 28.9 Å². The molecule has 0 N–H and O–H groups in total. The average molecular weight is 326 g/mol. The summed E-state index contributed by atoms with van der Waals surface area (Å²) < 4.78 is 5.55. The third-order valence-corrected chi connectivity index (χ3v) is 5.50. The van der Waals surface area contributed by atoms with Gasteiger partial charge in [-0.2, -0.15) is 0 Å². The van der Waals surface area contributed by atoms with Gasteiger partial charge in [-0.3, -0.25) is 0 Å². The van der Waals surface area contributed by atoms with Crippen molar-refractivity contribution in [3.63, 3.8) is 0 Å². The number of hydrogen-bond acceptors (Lipinski definition) is 5. The molecule has 0 unspecified atom stereocenters. The molecule has 0 saturated heterocycles. The van der Waals surface area contributed by atoms with Gasteiger partial charge in [-0.25, -0.2) is 9.78 Å². The van der Waals surface area contributed by atoms with Crippen LogP contribution in [-0.2, 0) is 12.8 Å². The maximum Gasteiger partial charge on any atom is 0.346 e. The molecule has 0 atom stereocenters. The zero-order valence-corrected chi connectivity index (χ0v) is 14.1. The lowest BCUT2D eigenvalue weighted by molar-refractivity contribution is 0.563. The van der Waals surface area contributed by atoms with Crippen LogP contribution in [0.5, 0.6) is 0 Å². The van der Waals surface area contributed by atoms with E-state index in [1.807, 2.05) is 43.3 Å². The van der Waals surface area contributed by atoms with Crippen molar-refractivity contribution in [3.8, 4) is 10.6 Å². The molecule has 1 aliphatic rings. The highest BCUT2D eigenvalue weighted by atomic mass is 32.1. The summed E-state index contributed by atoms with van der Waals surface area (Å²) in [4.78, 5) is 20.4. The van der Waals surface area contributed by atoms with Crippen LogP contribution in [0.15, 0.2) is 33.5 Å². The smallest absolute Gasteiger partial charge is 0.346 e. The molecule has 0 spiro atoms. The molecular formula is C18H18N2O2S. The second-order valence-electron chi connectivity index (χ2n) is 6.16. The van der Waals surface area contributed by atoms with Gasteiger partial charge >= 0.3 is 5.63 Å². The summed E-state index contributed by atoms with van der Waals surface area (Å²) in [6.07, 6.45) is 4.51. The molecule has 1 aromatic carbocycles. The van der Waals surface area contributed by atoms with Gasteiger partial charge in [-0.1, -0.05) is 0 Å². The third-order valence-electron chi connectivity index (χ3n) is 4.31. The van der Waals surface area contributed by atoms with Crippen LogP contribution in [0, 0.1) is 0 Å². The van der Waals surface area contributed by atoms with Crippen molar-refractivity contribution in [1.29, 1.82) is 0 Å². The number of aryl methyl sites for hydroxylation is 2. The van der Waals surface area contributed by atoms with E-state index in [-0.39, 0.29) is 5.63 Å². The van der Waals surface area contributed by atoms with Crippen molar-refractivity contribution in [2.75, 3.05) is 19.0 Å². The fourth-order valence-electron chi connectivity index (χ4n) is 2.99. The Hall–Kier alpha value is -2.14. The monoisotopic (exact) mass is 326 g/mol. The van der Waals surface area contributed by atoms with Crippen LogP contribution >= 0.6 is 11.3 Å². The summed E-state index contributed by atoms with van der Waals surface area (Å²) in [7, 11) is 3.93. The molecule has 2 heterocycles. The molecule has 4 nitrogen and oxygen atoms in total. The maximum absolute atomic E-state index is 12.4. The standard InChI is InChI=1S/C18H18N2O2S/c1-20(2)12-8-7-11-9-13(18(21)22-15(11)10-12)17-19-14-5-3-4-6-16(14)23-17/h7-10H,3-6H2,1-2H3. The van der Waals surface area contributed by atoms with Crippen LogP contribution in [0.1, 0.15) is 23.4 Å². The quantitative estimate of drug-likeness (QED) is 0.671. The van der Waals surface area contributed by atoms with Crippen LogP contribution in [0.2, 0.25) is 0 Å². The fourth-order valence-corrected chi connectivity index (χ4v) is 4.15. The Kier molecular flexibility index (Phi) is 3.45. The van der Waals surface area contributed by atoms with Crippen LogP contribution in [0.25, 0.3) is 21.5 Å². The number of aromatic nitrogens is 1. The van der Waals surface area contributed by atoms with Crippen molar-refractivity contribution >= 4 is 28.0 Å². The minimum Gasteiger partial charge on any atom is -0.422 e. The van der Waals surface area contributed by atoms with Gasteiger partial charge in [0.15, 0.2) is 0 Å². The summed E-state index contributed by atoms with van der Waals surface area (Å²) in [6, 6.07) is 7.82. The number of fused-ring (bicyclic) bond motifs is 2. The topological polar surface area (TPSA) is 46.3 Å². The first-order chi connectivity index (χ1) is 11.1. The van der Waals surface area contributed by atoms with Crippen molar-refractivity contribution in [3.05, 3.63) is 45.3 Å². The first-order valence-electron chi connectivity index (χ1n) is 7.86. The van der Waals surface area contributed by atoms with Gasteiger partial charge in [0.05, 0.1) is 11.3 Å². The molecular weight excluding hydrogens is 308 g/mol. The summed E-state index contributed by atoms with van der Waals surface area (Å²) >= 11 is 1.64. The second-order valence-corrected chi connectivity index (χ2v) is 7.24. The molecule has 0 radical (unpaired) electrons. The molecule has 5 heteroatoms. The van der Waals surface area contributed by atoms with Gasteiger partial charge in [0.25, 0.3) is 0 Å². The van der Waals surface area contributed by atoms with Gasteiger partial charge in [0, 0.05) is 36.1 Å². The number of thiazole rings is 1. The Bertz CT molecular complexity index is 916. The summed E-state index contributed by atoms with van der Waals surface area (Å²) in [6.45, 7) is 0. The average Bonchev–Trinajstić information content (AvgIpc) is 2.97. The van der Waals surface area contributed by atoms with E-state index in [0.29, 0.717) is 11.1 Å². The molecule has 23 heavy (non-hydrogen) atoms. The number of benzene rings is 1. The van der Waals surface area contributed by atoms with Gasteiger partial charge in [-0.05, 0) is 43.9 Å². The summed E-state index contributed by atoms with van der Waals surface area (Å²) in [5.41, 5.74) is 3.07. The molecule has 118 valence electrons. The SMILES string of the molecule is CN(C)c1ccc2cc(-c3nc4c(s3)CCCC4)c(=O)oc2c1. The van der Waals surface area contributed by atoms with Gasteiger partial charge in [0.1, 0.15) is 10.6 Å². The maximum atomic E-state index is 12.4. The molecule has 2 aromatic heterocycles. The van der Waals surface area contributed by atoms with E-state index >= 15 is 0 Å². The van der Waals surface area contributed by atoms with Crippen LogP contribution in [-0.4, -0.2) is 19.1 Å². The Morgan fingerprint density at radius 2 is 2.00 bits per heavy atom. The summed E-state index contributed by atoms with van der Waals surface area (Å²) in [5, 5.41) is 1.72. The van der Waals surface area contributed by atoms with Crippen molar-refractivity contribution in [2.24, 2.45) is 0 Å². The van der Waals surface area contributed by atoms with Crippen molar-refractivity contribution in [1.82, 2.24) is 4.98 Å². The molecule has 0 amide bonds. The molecule has 0 bridgehead atoms. The predicted molar refractivity (Wildman–Crippen MR) is 94.6 cm³/mol. The lowest BCUT2D eigenvalue weighted by Gasteiger charge is -2.12. The van der Waals surface area contributed by atoms with Crippen molar-refractivity contribution < 1.29 is 4.42 Å². The zero-order valence-electron chi connectivity index (χ0n) is 13.3. The van der Waals surface area contributed by atoms with E-state index in [2.05, 4.69) is 4.98 Å². The minimum absolute atomic E-state index is 0.306. The molecule has 1 aliphatic carbocycles. The molecule has 0 aliphatic heterocycles. The number of anilines is 1. The predicted octanol–water partition coefficient (Wildman–Crippen LogP) is 3.86. The second kappa shape index (κ2) is 5.49. The fraction of sp³-hybridized carbons (Fsp3) is 0.333. The van der Waals surface area contributed by atoms with Gasteiger partial charge < -0.3 is 9.32 Å². The Balaban J connectivity index is 1.84. The first-order valence-corrected chi connectivity index (χ1v) is 8.67. The van der Waals surface area contributed by atoms with Crippen LogP contribution < -0.4 is 10.5 Å². The Labute approximate surface area is 138 Å². The van der Waals surface area contributed by atoms with Crippen LogP contribution in [0.3, 0.4) is 0 Å². The lowest BCUT2D eigenvalue weighted by atomic mass is 10.0. The van der Waals surface area contributed by atoms with E-state index in [1.165, 1.54) is 23.4 Å². The first kappa shape index (κ1) is 14.5. The number of nitrogens with zero attached hydrogens (tertiary/aromatic N) is 2. The molecule has 4 rings (SSSR count). The zero-order chi connectivity index (χ0) is 16.0. The van der Waals surface area contributed by atoms with E-state index in [1.54, 1.807) is 11.3 Å². The summed E-state index contributed by atoms with van der Waals surface area (Å²) in [5.74, 6) is 0. The van der Waals surface area contributed by atoms with Gasteiger partial charge in [0.2, 0.25) is 0 Å². The number of rotatable bonds is 2. The Morgan fingerprint density at radius 1 is 1.17 bits per heavy atom. The highest BCUT2D eigenvalue weighted by molar-refractivity contribution is 7.15. The molecule has 3 aromatic rings. The Morgan fingerprint density at radius 3 is 2.78 bits per heavy atom. The van der Waals surface area contributed by atoms with Crippen LogP contribution in [0.4, 0.5) is 5.69 Å². The van der Waals surface area contributed by atoms with E-state index in [9.17, 15) is 4.79 Å². The molecule has 0 saturated carbocycles. The lowest BCUT2D eigenvalue weighted by Crippen LogP contribution is -2.08. The third kappa shape index (κ3) is 2.55. The largest absolute Gasteiger partial charge is 0.422 e. The van der Waals surface area contributed by atoms with E-state index < -0.39 is 0 Å². The van der Waals surface area contributed by atoms with Gasteiger partial charge in [-0.15, -0.1) is 11.3 Å². The van der Waals surface area contributed by atoms with Crippen molar-refractivity contribution in [2.45, 2.75) is 25.7 Å². The normalized spacial score (nSPS) is 14.0. The number of hydrogen-bond donors (Lipinski definition) is 0. The van der Waals surface area contributed by atoms with E-state index in [4.69, 9.17) is 4.42 Å². The molecule has 0 fully saturated rings. The highest BCUT2D eigenvalue weighted by Gasteiger charge is 2.18. The minimum atomic E-state index is -0.306.